The first-order valence-electron chi connectivity index (χ1n) is 32.4. The molecule has 0 aliphatic carbocycles. The maximum atomic E-state index is 14.3. The van der Waals surface area contributed by atoms with Crippen molar-refractivity contribution in [1.82, 2.24) is 45.6 Å². The van der Waals surface area contributed by atoms with Crippen LogP contribution in [-0.4, -0.2) is 126 Å². The lowest BCUT2D eigenvalue weighted by Gasteiger charge is -2.26. The summed E-state index contributed by atoms with van der Waals surface area (Å²) in [4.78, 5) is 102. The number of carbonyl (C=O) groups is 6. The third-order valence-electron chi connectivity index (χ3n) is 16.6. The van der Waals surface area contributed by atoms with Crippen LogP contribution in [0.15, 0.2) is 200 Å². The molecule has 3 aromatic heterocycles. The highest BCUT2D eigenvalue weighted by atomic mass is 16.5. The van der Waals surface area contributed by atoms with Crippen LogP contribution in [-0.2, 0) is 33.8 Å². The van der Waals surface area contributed by atoms with Gasteiger partial charge in [-0.15, -0.1) is 0 Å². The second-order valence-electron chi connectivity index (χ2n) is 23.8. The molecule has 1 aliphatic heterocycles. The molecule has 9 aromatic rings. The summed E-state index contributed by atoms with van der Waals surface area (Å²) in [5, 5.41) is 9.40. The van der Waals surface area contributed by atoms with Gasteiger partial charge in [0.1, 0.15) is 17.1 Å². The largest absolute Gasteiger partial charge is 0.465 e. The van der Waals surface area contributed by atoms with E-state index in [1.54, 1.807) is 91.0 Å². The number of carbonyl (C=O) groups excluding carboxylic acids is 6. The number of ether oxygens (including phenoxy) is 3. The zero-order valence-corrected chi connectivity index (χ0v) is 56.0. The van der Waals surface area contributed by atoms with Crippen molar-refractivity contribution in [3.8, 4) is 35.5 Å². The molecule has 0 radical (unpaired) electrons. The van der Waals surface area contributed by atoms with Crippen LogP contribution in [0.2, 0.25) is 0 Å². The van der Waals surface area contributed by atoms with Crippen molar-refractivity contribution in [2.75, 3.05) is 60.6 Å². The van der Waals surface area contributed by atoms with Crippen LogP contribution in [0.3, 0.4) is 0 Å². The van der Waals surface area contributed by atoms with Crippen LogP contribution in [0.4, 0.5) is 0 Å². The first-order valence-corrected chi connectivity index (χ1v) is 32.4. The minimum atomic E-state index is -0.463. The summed E-state index contributed by atoms with van der Waals surface area (Å²) in [6, 6.07) is 59.1. The second-order valence-corrected chi connectivity index (χ2v) is 23.8. The van der Waals surface area contributed by atoms with Crippen LogP contribution >= 0.6 is 0 Å². The fourth-order valence-electron chi connectivity index (χ4n) is 11.1. The number of methoxy groups -OCH3 is 3. The lowest BCUT2D eigenvalue weighted by Crippen LogP contribution is -2.36. The monoisotopic (exact) mass is 1320 g/mol. The third kappa shape index (κ3) is 20.1. The Labute approximate surface area is 577 Å². The lowest BCUT2D eigenvalue weighted by atomic mass is 10.1. The van der Waals surface area contributed by atoms with Gasteiger partial charge in [-0.05, 0) is 147 Å². The lowest BCUT2D eigenvalue weighted by molar-refractivity contribution is 0.0592. The van der Waals surface area contributed by atoms with E-state index in [4.69, 9.17) is 29.2 Å². The Balaban J connectivity index is 1.01. The summed E-state index contributed by atoms with van der Waals surface area (Å²) < 4.78 is 14.7. The Morgan fingerprint density at radius 1 is 0.343 bits per heavy atom. The number of nitrogens with one attached hydrogen (secondary N) is 3. The Bertz CT molecular complexity index is 4080. The van der Waals surface area contributed by atoms with E-state index in [0.717, 1.165) is 16.7 Å². The number of aromatic nitrogens is 3. The van der Waals surface area contributed by atoms with Gasteiger partial charge in [0.25, 0.3) is 17.7 Å². The molecule has 0 bridgehead atoms. The smallest absolute Gasteiger partial charge is 0.337 e. The van der Waals surface area contributed by atoms with E-state index < -0.39 is 17.9 Å². The summed E-state index contributed by atoms with van der Waals surface area (Å²) in [7, 11) is 3.98. The molecular weight excluding hydrogens is 1240 g/mol. The molecule has 18 nitrogen and oxygen atoms in total. The number of rotatable bonds is 18. The molecule has 0 saturated carbocycles. The van der Waals surface area contributed by atoms with E-state index in [9.17, 15) is 28.8 Å². The van der Waals surface area contributed by atoms with E-state index in [1.165, 1.54) is 21.3 Å². The van der Waals surface area contributed by atoms with Crippen LogP contribution in [0.25, 0.3) is 0 Å². The highest BCUT2D eigenvalue weighted by molar-refractivity contribution is 5.95. The minimum Gasteiger partial charge on any atom is -0.465 e. The number of hydrogen-bond acceptors (Lipinski definition) is 15. The van der Waals surface area contributed by atoms with Crippen LogP contribution in [0.5, 0.6) is 0 Å². The van der Waals surface area contributed by atoms with Gasteiger partial charge in [0, 0.05) is 92.3 Å². The van der Waals surface area contributed by atoms with Crippen molar-refractivity contribution in [2.45, 2.75) is 58.5 Å². The number of benzene rings is 6. The average Bonchev–Trinajstić information content (AvgIpc) is 1.71. The van der Waals surface area contributed by atoms with Gasteiger partial charge in [-0.3, -0.25) is 29.1 Å². The Morgan fingerprint density at radius 3 is 0.808 bits per heavy atom. The molecule has 99 heavy (non-hydrogen) atoms. The zero-order valence-electron chi connectivity index (χ0n) is 56.0. The summed E-state index contributed by atoms with van der Waals surface area (Å²) in [6.45, 7) is 9.85. The second kappa shape index (κ2) is 34.2. The van der Waals surface area contributed by atoms with Gasteiger partial charge in [-0.25, -0.2) is 29.3 Å². The summed E-state index contributed by atoms with van der Waals surface area (Å²) >= 11 is 0. The van der Waals surface area contributed by atoms with Crippen molar-refractivity contribution in [3.63, 3.8) is 0 Å². The maximum Gasteiger partial charge on any atom is 0.337 e. The van der Waals surface area contributed by atoms with Crippen molar-refractivity contribution < 1.29 is 43.0 Å². The molecule has 1 fully saturated rings. The minimum absolute atomic E-state index is 0.184. The summed E-state index contributed by atoms with van der Waals surface area (Å²) in [5.41, 5.74) is 9.87. The normalized spacial score (nSPS) is 13.4. The molecule has 18 heteroatoms. The van der Waals surface area contributed by atoms with E-state index in [-0.39, 0.29) is 52.9 Å². The first kappa shape index (κ1) is 70.0. The fraction of sp³-hybridized carbons (Fsp3) is 0.222. The predicted molar refractivity (Wildman–Crippen MR) is 377 cm³/mol. The number of esters is 3. The van der Waals surface area contributed by atoms with Crippen molar-refractivity contribution in [3.05, 3.63) is 301 Å². The van der Waals surface area contributed by atoms with Crippen molar-refractivity contribution in [2.24, 2.45) is 0 Å². The zero-order chi connectivity index (χ0) is 69.6. The van der Waals surface area contributed by atoms with Crippen LogP contribution in [0, 0.1) is 35.5 Å². The molecule has 498 valence electrons. The highest BCUT2D eigenvalue weighted by Gasteiger charge is 2.24. The van der Waals surface area contributed by atoms with Gasteiger partial charge >= 0.3 is 17.9 Å². The molecule has 3 amide bonds. The van der Waals surface area contributed by atoms with Gasteiger partial charge in [-0.2, -0.15) is 0 Å². The SMILES string of the molecule is COC(=O)c1ccc(C#Cc2cc(CN3CCN(Cc4cc(C#Cc5ccc(C(=O)OC)cc5)cc(C(=O)N[C@@H](C)c5ccccc5)n4)CCN(Cc4cc(C#Cc5ccc(C(=O)OC)cc5)cc(C(=O)N[C@@H](C)c5ccccc5)n4)CC3)nc(C(=O)N[C@@H](C)c3ccccc3)c2)cc1. The molecule has 1 aliphatic rings. The molecule has 6 aromatic carbocycles. The Kier molecular flexibility index (Phi) is 24.2. The van der Waals surface area contributed by atoms with Crippen molar-refractivity contribution in [1.29, 1.82) is 0 Å². The fourth-order valence-corrected chi connectivity index (χ4v) is 11.1. The maximum absolute atomic E-state index is 14.3. The van der Waals surface area contributed by atoms with E-state index in [0.29, 0.717) is 126 Å². The molecular formula is C81H75N9O9. The van der Waals surface area contributed by atoms with Gasteiger partial charge in [-0.1, -0.05) is 127 Å². The summed E-state index contributed by atoms with van der Waals surface area (Å²) in [5.74, 6) is 16.9. The molecule has 10 rings (SSSR count). The number of hydrogen-bond donors (Lipinski definition) is 3. The molecule has 3 N–H and O–H groups in total. The van der Waals surface area contributed by atoms with Crippen LogP contribution < -0.4 is 16.0 Å². The van der Waals surface area contributed by atoms with Crippen LogP contribution in [0.1, 0.15) is 169 Å². The van der Waals surface area contributed by atoms with Crippen molar-refractivity contribution >= 4 is 35.6 Å². The predicted octanol–water partition coefficient (Wildman–Crippen LogP) is 10.7. The molecule has 1 saturated heterocycles. The number of amides is 3. The topological polar surface area (TPSA) is 215 Å². The molecule has 0 spiro atoms. The average molecular weight is 1320 g/mol. The molecule has 4 heterocycles. The Hall–Kier alpha value is -11.9. The Morgan fingerprint density at radius 2 is 0.576 bits per heavy atom. The van der Waals surface area contributed by atoms with E-state index >= 15 is 0 Å². The number of nitrogens with zero attached hydrogens (tertiary/aromatic N) is 6. The third-order valence-corrected chi connectivity index (χ3v) is 16.6. The van der Waals surface area contributed by atoms with Gasteiger partial charge < -0.3 is 30.2 Å². The first-order chi connectivity index (χ1) is 48.0. The molecule has 0 unspecified atom stereocenters. The molecule has 3 atom stereocenters. The quantitative estimate of drug-likeness (QED) is 0.0414. The van der Waals surface area contributed by atoms with Gasteiger partial charge in [0.05, 0.1) is 73.2 Å². The standard InChI is InChI=1S/C81H75N9O9/c1-55(64-16-10-7-11-17-64)82-76(91)73-49-61(25-22-58-28-34-67(35-29-58)79(94)97-4)46-70(85-73)52-88-40-42-89(53-71-47-62(26-23-59-30-36-68(37-31-59)80(95)98-5)50-74(86-71)77(92)83-56(2)65-18-12-8-13-19-65)44-45-90(43-41-88)54-72-48-63(27-24-60-32-38-69(39-33-60)81(96)99-6)51-75(87-72)78(93)84-57(3)66-20-14-9-15-21-66/h7-21,28-39,46-51,55-57H,40-45,52-54H2,1-6H3,(H,82,91)(H,83,92)(H,84,93)/t55-,56-,57-/m0/s1. The van der Waals surface area contributed by atoms with Gasteiger partial charge in [0.2, 0.25) is 0 Å². The van der Waals surface area contributed by atoms with Gasteiger partial charge in [0.15, 0.2) is 0 Å². The summed E-state index contributed by atoms with van der Waals surface area (Å²) in [6.07, 6.45) is 0. The van der Waals surface area contributed by atoms with E-state index in [1.807, 2.05) is 130 Å². The highest BCUT2D eigenvalue weighted by Crippen LogP contribution is 2.21. The van der Waals surface area contributed by atoms with E-state index in [2.05, 4.69) is 66.2 Å². The number of pyridine rings is 3.